The van der Waals surface area contributed by atoms with Gasteiger partial charge in [0, 0.05) is 26.4 Å². The van der Waals surface area contributed by atoms with E-state index in [0.29, 0.717) is 25.5 Å². The molecule has 0 saturated heterocycles. The van der Waals surface area contributed by atoms with E-state index in [1.54, 1.807) is 7.05 Å². The standard InChI is InChI=1S/C47H93N3O5/c1-5-8-11-14-17-26-33-42-53-45(48)37-29-22-18-24-31-39-50(41-34-43-54-47(52)49-4)40-32-25-19-23-30-38-46(51)55-44(35-27-20-15-12-9-6-2)36-28-21-16-13-10-7-3/h44,48H,5-43H2,1-4H3,(H,49,52). The molecule has 0 spiro atoms. The third-order valence-corrected chi connectivity index (χ3v) is 10.9. The number of carbonyl (C=O) groups excluding carboxylic acids is 2. The fraction of sp³-hybridized carbons (Fsp3) is 0.936. The Morgan fingerprint density at radius 2 is 0.891 bits per heavy atom. The van der Waals surface area contributed by atoms with E-state index in [1.807, 2.05) is 0 Å². The Bertz CT molecular complexity index is 825. The minimum Gasteiger partial charge on any atom is -0.481 e. The summed E-state index contributed by atoms with van der Waals surface area (Å²) in [5.41, 5.74) is 0. The molecule has 0 atom stereocenters. The molecule has 0 aromatic heterocycles. The molecular formula is C47H93N3O5. The Morgan fingerprint density at radius 1 is 0.491 bits per heavy atom. The monoisotopic (exact) mass is 780 g/mol. The van der Waals surface area contributed by atoms with E-state index in [0.717, 1.165) is 90.3 Å². The molecule has 8 heteroatoms. The minimum atomic E-state index is -0.363. The largest absolute Gasteiger partial charge is 0.481 e. The van der Waals surface area contributed by atoms with Crippen molar-refractivity contribution in [3.05, 3.63) is 0 Å². The van der Waals surface area contributed by atoms with Crippen LogP contribution in [0.5, 0.6) is 0 Å². The molecule has 0 radical (unpaired) electrons. The van der Waals surface area contributed by atoms with Gasteiger partial charge in [-0.3, -0.25) is 10.2 Å². The van der Waals surface area contributed by atoms with Gasteiger partial charge in [-0.25, -0.2) is 4.79 Å². The smallest absolute Gasteiger partial charge is 0.406 e. The van der Waals surface area contributed by atoms with Crippen molar-refractivity contribution >= 4 is 18.0 Å². The van der Waals surface area contributed by atoms with Crippen LogP contribution in [0.3, 0.4) is 0 Å². The summed E-state index contributed by atoms with van der Waals surface area (Å²) in [6.45, 7) is 11.0. The van der Waals surface area contributed by atoms with Crippen LogP contribution in [0.15, 0.2) is 0 Å². The number of amides is 1. The summed E-state index contributed by atoms with van der Waals surface area (Å²) in [5, 5.41) is 10.6. The molecule has 2 N–H and O–H groups in total. The van der Waals surface area contributed by atoms with Crippen molar-refractivity contribution in [2.24, 2.45) is 0 Å². The van der Waals surface area contributed by atoms with Crippen LogP contribution in [0.2, 0.25) is 0 Å². The number of unbranched alkanes of at least 4 members (excludes halogenated alkanes) is 24. The highest BCUT2D eigenvalue weighted by molar-refractivity contribution is 5.72. The van der Waals surface area contributed by atoms with Crippen molar-refractivity contribution in [1.82, 2.24) is 10.2 Å². The van der Waals surface area contributed by atoms with E-state index in [9.17, 15) is 9.59 Å². The number of carbonyl (C=O) groups is 2. The van der Waals surface area contributed by atoms with Crippen LogP contribution < -0.4 is 5.32 Å². The van der Waals surface area contributed by atoms with Crippen LogP contribution in [0, 0.1) is 5.41 Å². The lowest BCUT2D eigenvalue weighted by atomic mass is 10.0. The van der Waals surface area contributed by atoms with Crippen molar-refractivity contribution in [2.75, 3.05) is 39.9 Å². The van der Waals surface area contributed by atoms with Gasteiger partial charge in [-0.15, -0.1) is 0 Å². The molecule has 1 amide bonds. The predicted molar refractivity (Wildman–Crippen MR) is 234 cm³/mol. The fourth-order valence-electron chi connectivity index (χ4n) is 7.29. The number of alkyl carbamates (subject to hydrolysis) is 1. The van der Waals surface area contributed by atoms with Gasteiger partial charge >= 0.3 is 12.1 Å². The molecule has 0 heterocycles. The third-order valence-electron chi connectivity index (χ3n) is 10.9. The number of esters is 1. The maximum absolute atomic E-state index is 12.8. The van der Waals surface area contributed by atoms with Crippen LogP contribution in [0.1, 0.15) is 239 Å². The molecule has 0 unspecified atom stereocenters. The van der Waals surface area contributed by atoms with Crippen LogP contribution in [-0.2, 0) is 19.0 Å². The Morgan fingerprint density at radius 3 is 1.40 bits per heavy atom. The zero-order valence-corrected chi connectivity index (χ0v) is 37.1. The summed E-state index contributed by atoms with van der Waals surface area (Å²) in [7, 11) is 1.59. The van der Waals surface area contributed by atoms with Crippen molar-refractivity contribution in [1.29, 1.82) is 5.41 Å². The number of hydrogen-bond donors (Lipinski definition) is 2. The molecule has 0 saturated carbocycles. The number of nitrogens with zero attached hydrogens (tertiary/aromatic N) is 1. The van der Waals surface area contributed by atoms with Crippen LogP contribution in [-0.4, -0.2) is 68.9 Å². The van der Waals surface area contributed by atoms with Crippen molar-refractivity contribution in [3.63, 3.8) is 0 Å². The van der Waals surface area contributed by atoms with E-state index in [2.05, 4.69) is 31.0 Å². The lowest BCUT2D eigenvalue weighted by Crippen LogP contribution is -2.29. The summed E-state index contributed by atoms with van der Waals surface area (Å²) in [4.78, 5) is 26.8. The molecule has 0 aliphatic heterocycles. The lowest BCUT2D eigenvalue weighted by molar-refractivity contribution is -0.150. The first-order chi connectivity index (χ1) is 27.0. The number of nitrogens with one attached hydrogen (secondary N) is 2. The molecule has 0 rings (SSSR count). The molecule has 326 valence electrons. The lowest BCUT2D eigenvalue weighted by Gasteiger charge is -2.22. The van der Waals surface area contributed by atoms with E-state index < -0.39 is 0 Å². The normalized spacial score (nSPS) is 11.4. The van der Waals surface area contributed by atoms with Gasteiger partial charge in [-0.2, -0.15) is 0 Å². The summed E-state index contributed by atoms with van der Waals surface area (Å²) >= 11 is 0. The second-order valence-corrected chi connectivity index (χ2v) is 16.2. The Hall–Kier alpha value is -1.83. The first-order valence-electron chi connectivity index (χ1n) is 23.9. The zero-order valence-electron chi connectivity index (χ0n) is 37.1. The summed E-state index contributed by atoms with van der Waals surface area (Å²) in [5.74, 6) is 0.472. The first-order valence-corrected chi connectivity index (χ1v) is 23.9. The van der Waals surface area contributed by atoms with Gasteiger partial charge in [0.1, 0.15) is 6.10 Å². The highest BCUT2D eigenvalue weighted by atomic mass is 16.5. The van der Waals surface area contributed by atoms with E-state index in [4.69, 9.17) is 19.6 Å². The number of ether oxygens (including phenoxy) is 3. The van der Waals surface area contributed by atoms with Crippen molar-refractivity contribution < 1.29 is 23.8 Å². The van der Waals surface area contributed by atoms with Crippen molar-refractivity contribution in [3.8, 4) is 0 Å². The molecular weight excluding hydrogens is 687 g/mol. The molecule has 0 bridgehead atoms. The molecule has 0 aliphatic rings. The topological polar surface area (TPSA) is 101 Å². The highest BCUT2D eigenvalue weighted by Gasteiger charge is 2.14. The average molecular weight is 780 g/mol. The van der Waals surface area contributed by atoms with Gasteiger partial charge in [-0.05, 0) is 77.3 Å². The molecule has 55 heavy (non-hydrogen) atoms. The SMILES string of the molecule is CCCCCCCCCOC(=N)CCCCCCCN(CCCCCCCC(=O)OC(CCCCCCCC)CCCCCCCC)CCCOC(=O)NC. The maximum atomic E-state index is 12.8. The van der Waals surface area contributed by atoms with E-state index in [1.165, 1.54) is 141 Å². The van der Waals surface area contributed by atoms with Gasteiger partial charge in [0.05, 0.1) is 13.2 Å². The van der Waals surface area contributed by atoms with E-state index in [-0.39, 0.29) is 18.2 Å². The fourth-order valence-corrected chi connectivity index (χ4v) is 7.29. The molecule has 0 aromatic carbocycles. The van der Waals surface area contributed by atoms with Gasteiger partial charge in [0.15, 0.2) is 5.90 Å². The van der Waals surface area contributed by atoms with Gasteiger partial charge in [0.2, 0.25) is 0 Å². The number of hydrogen-bond acceptors (Lipinski definition) is 7. The quantitative estimate of drug-likeness (QED) is 0.0277. The Labute approximate surface area is 341 Å². The summed E-state index contributed by atoms with van der Waals surface area (Å²) in [6, 6.07) is 0. The van der Waals surface area contributed by atoms with Gasteiger partial charge < -0.3 is 24.4 Å². The van der Waals surface area contributed by atoms with Crippen molar-refractivity contribution in [2.45, 2.75) is 245 Å². The third kappa shape index (κ3) is 40.2. The van der Waals surface area contributed by atoms with E-state index >= 15 is 0 Å². The highest BCUT2D eigenvalue weighted by Crippen LogP contribution is 2.19. The first kappa shape index (κ1) is 53.2. The Balaban J connectivity index is 4.29. The zero-order chi connectivity index (χ0) is 40.3. The van der Waals surface area contributed by atoms with Crippen LogP contribution >= 0.6 is 0 Å². The number of rotatable bonds is 43. The second kappa shape index (κ2) is 43.3. The minimum absolute atomic E-state index is 0.0116. The van der Waals surface area contributed by atoms with Gasteiger partial charge in [0.25, 0.3) is 0 Å². The summed E-state index contributed by atoms with van der Waals surface area (Å²) in [6.07, 6.45) is 39.4. The Kier molecular flexibility index (Phi) is 41.9. The molecule has 0 aromatic rings. The van der Waals surface area contributed by atoms with Gasteiger partial charge in [-0.1, -0.05) is 162 Å². The average Bonchev–Trinajstić information content (AvgIpc) is 3.18. The molecule has 0 aliphatic carbocycles. The second-order valence-electron chi connectivity index (χ2n) is 16.2. The maximum Gasteiger partial charge on any atom is 0.406 e. The molecule has 0 fully saturated rings. The summed E-state index contributed by atoms with van der Waals surface area (Å²) < 4.78 is 16.9. The predicted octanol–water partition coefficient (Wildman–Crippen LogP) is 13.9. The van der Waals surface area contributed by atoms with Crippen LogP contribution in [0.4, 0.5) is 4.79 Å². The van der Waals surface area contributed by atoms with Crippen LogP contribution in [0.25, 0.3) is 0 Å². The molecule has 8 nitrogen and oxygen atoms in total.